The van der Waals surface area contributed by atoms with E-state index >= 15 is 0 Å². The van der Waals surface area contributed by atoms with Gasteiger partial charge in [0.2, 0.25) is 15.9 Å². The molecule has 0 aromatic heterocycles. The Balaban J connectivity index is 2.70. The molecule has 0 aliphatic heterocycles. The fraction of sp³-hybridized carbons (Fsp3) is 0.364. The Morgan fingerprint density at radius 3 is 2.50 bits per heavy atom. The molecule has 0 unspecified atom stereocenters. The van der Waals surface area contributed by atoms with E-state index in [1.807, 2.05) is 0 Å². The van der Waals surface area contributed by atoms with Crippen LogP contribution in [0.4, 0.5) is 14.5 Å². The Labute approximate surface area is 115 Å². The molecule has 6 nitrogen and oxygen atoms in total. The molecule has 0 saturated heterocycles. The maximum Gasteiger partial charge on any atom is 0.243 e. The van der Waals surface area contributed by atoms with Gasteiger partial charge in [-0.25, -0.2) is 21.9 Å². The van der Waals surface area contributed by atoms with Crippen LogP contribution in [-0.4, -0.2) is 20.9 Å². The Bertz CT molecular complexity index is 605. The van der Waals surface area contributed by atoms with E-state index in [4.69, 9.17) is 11.5 Å². The van der Waals surface area contributed by atoms with Crippen LogP contribution >= 0.6 is 0 Å². The first kappa shape index (κ1) is 16.3. The minimum absolute atomic E-state index is 0.00628. The summed E-state index contributed by atoms with van der Waals surface area (Å²) in [5.41, 5.74) is 9.18. The van der Waals surface area contributed by atoms with Crippen LogP contribution in [-0.2, 0) is 14.8 Å². The van der Waals surface area contributed by atoms with E-state index in [0.29, 0.717) is 12.8 Å². The third-order valence-corrected chi connectivity index (χ3v) is 4.00. The van der Waals surface area contributed by atoms with Crippen LogP contribution in [0.1, 0.15) is 19.3 Å². The molecule has 0 fully saturated rings. The van der Waals surface area contributed by atoms with Crippen molar-refractivity contribution < 1.29 is 22.0 Å². The number of nitrogens with two attached hydrogens (primary N) is 2. The van der Waals surface area contributed by atoms with E-state index in [0.717, 1.165) is 12.1 Å². The number of benzene rings is 1. The number of carbonyl (C=O) groups is 1. The summed E-state index contributed by atoms with van der Waals surface area (Å²) in [6, 6.07) is 1.58. The number of hydrogen-bond donors (Lipinski definition) is 3. The molecule has 0 radical (unpaired) electrons. The first-order chi connectivity index (χ1) is 9.25. The number of carbonyl (C=O) groups excluding carboxylic acids is 1. The van der Waals surface area contributed by atoms with E-state index < -0.39 is 38.1 Å². The topological polar surface area (TPSA) is 115 Å². The van der Waals surface area contributed by atoms with Crippen LogP contribution in [0.25, 0.3) is 0 Å². The number of amides is 1. The van der Waals surface area contributed by atoms with Crippen LogP contribution in [0, 0.1) is 11.6 Å². The lowest BCUT2D eigenvalue weighted by atomic mass is 10.2. The fourth-order valence-electron chi connectivity index (χ4n) is 1.47. The molecule has 1 amide bonds. The molecule has 0 heterocycles. The van der Waals surface area contributed by atoms with Crippen LogP contribution in [0.15, 0.2) is 17.0 Å². The zero-order chi connectivity index (χ0) is 15.3. The average molecular weight is 307 g/mol. The summed E-state index contributed by atoms with van der Waals surface area (Å²) < 4.78 is 52.3. The smallest absolute Gasteiger partial charge is 0.243 e. The predicted octanol–water partition coefficient (Wildman–Crippen LogP) is 0.481. The number of anilines is 1. The lowest BCUT2D eigenvalue weighted by Crippen LogP contribution is -2.26. The van der Waals surface area contributed by atoms with Gasteiger partial charge in [0.1, 0.15) is 16.4 Å². The Morgan fingerprint density at radius 1 is 1.25 bits per heavy atom. The zero-order valence-corrected chi connectivity index (χ0v) is 11.3. The van der Waals surface area contributed by atoms with Gasteiger partial charge in [-0.1, -0.05) is 0 Å². The van der Waals surface area contributed by atoms with Gasteiger partial charge in [0.15, 0.2) is 5.82 Å². The zero-order valence-electron chi connectivity index (χ0n) is 10.5. The van der Waals surface area contributed by atoms with Gasteiger partial charge in [-0.15, -0.1) is 0 Å². The van der Waals surface area contributed by atoms with Crippen LogP contribution in [0.3, 0.4) is 0 Å². The van der Waals surface area contributed by atoms with E-state index in [1.54, 1.807) is 0 Å². The average Bonchev–Trinajstić information content (AvgIpc) is 2.34. The molecule has 5 N–H and O–H groups in total. The van der Waals surface area contributed by atoms with E-state index in [1.165, 1.54) is 0 Å². The van der Waals surface area contributed by atoms with Crippen LogP contribution in [0.5, 0.6) is 0 Å². The van der Waals surface area contributed by atoms with Gasteiger partial charge in [-0.3, -0.25) is 4.79 Å². The molecule has 112 valence electrons. The maximum atomic E-state index is 13.6. The second-order valence-electron chi connectivity index (χ2n) is 4.09. The first-order valence-corrected chi connectivity index (χ1v) is 7.25. The highest BCUT2D eigenvalue weighted by atomic mass is 32.2. The van der Waals surface area contributed by atoms with Crippen molar-refractivity contribution in [2.45, 2.75) is 24.2 Å². The van der Waals surface area contributed by atoms with Crippen LogP contribution < -0.4 is 16.2 Å². The van der Waals surface area contributed by atoms with Crippen LogP contribution in [0.2, 0.25) is 0 Å². The number of nitrogens with one attached hydrogen (secondary N) is 1. The van der Waals surface area contributed by atoms with Crippen molar-refractivity contribution in [3.63, 3.8) is 0 Å². The van der Waals surface area contributed by atoms with Crippen molar-refractivity contribution in [3.8, 4) is 0 Å². The summed E-state index contributed by atoms with van der Waals surface area (Å²) in [6.45, 7) is 0.00628. The minimum Gasteiger partial charge on any atom is -0.394 e. The second-order valence-corrected chi connectivity index (χ2v) is 5.83. The summed E-state index contributed by atoms with van der Waals surface area (Å²) in [6.07, 6.45) is 0.909. The summed E-state index contributed by atoms with van der Waals surface area (Å²) in [7, 11) is -4.12. The highest BCUT2D eigenvalue weighted by molar-refractivity contribution is 7.89. The number of unbranched alkanes of at least 4 members (excludes halogenated alkanes) is 1. The van der Waals surface area contributed by atoms with Crippen molar-refractivity contribution in [2.75, 3.05) is 12.3 Å². The molecule has 1 aromatic carbocycles. The largest absolute Gasteiger partial charge is 0.394 e. The van der Waals surface area contributed by atoms with Gasteiger partial charge in [0, 0.05) is 13.0 Å². The monoisotopic (exact) mass is 307 g/mol. The number of rotatable bonds is 7. The van der Waals surface area contributed by atoms with Gasteiger partial charge in [-0.05, 0) is 25.0 Å². The Kier molecular flexibility index (Phi) is 5.40. The molecule has 0 bridgehead atoms. The van der Waals surface area contributed by atoms with E-state index in [-0.39, 0.29) is 13.0 Å². The molecule has 9 heteroatoms. The third-order valence-electron chi connectivity index (χ3n) is 2.52. The minimum atomic E-state index is -4.12. The molecule has 0 aliphatic carbocycles. The first-order valence-electron chi connectivity index (χ1n) is 5.77. The Hall–Kier alpha value is -1.74. The molecule has 1 aromatic rings. The molecule has 1 rings (SSSR count). The highest BCUT2D eigenvalue weighted by Crippen LogP contribution is 2.22. The van der Waals surface area contributed by atoms with Gasteiger partial charge in [0.05, 0.1) is 0 Å². The SMILES string of the molecule is NC(=O)CCCCNS(=O)(=O)c1ccc(F)c(N)c1F. The van der Waals surface area contributed by atoms with E-state index in [2.05, 4.69) is 4.72 Å². The number of hydrogen-bond acceptors (Lipinski definition) is 4. The van der Waals surface area contributed by atoms with Crippen molar-refractivity contribution in [1.29, 1.82) is 0 Å². The molecule has 0 saturated carbocycles. The summed E-state index contributed by atoms with van der Waals surface area (Å²) in [4.78, 5) is 9.76. The molecule has 20 heavy (non-hydrogen) atoms. The second kappa shape index (κ2) is 6.62. The lowest BCUT2D eigenvalue weighted by molar-refractivity contribution is -0.118. The lowest BCUT2D eigenvalue weighted by Gasteiger charge is -2.09. The third kappa shape index (κ3) is 4.14. The number of halogens is 2. The predicted molar refractivity (Wildman–Crippen MR) is 69.0 cm³/mol. The summed E-state index contributed by atoms with van der Waals surface area (Å²) >= 11 is 0. The number of sulfonamides is 1. The standard InChI is InChI=1S/C11H15F2N3O3S/c12-7-4-5-8(10(13)11(7)15)20(18,19)16-6-2-1-3-9(14)17/h4-5,16H,1-3,6,15H2,(H2,14,17). The van der Waals surface area contributed by atoms with Crippen molar-refractivity contribution in [2.24, 2.45) is 5.73 Å². The van der Waals surface area contributed by atoms with Gasteiger partial charge in [0.25, 0.3) is 0 Å². The van der Waals surface area contributed by atoms with Gasteiger partial charge >= 0.3 is 0 Å². The highest BCUT2D eigenvalue weighted by Gasteiger charge is 2.21. The maximum absolute atomic E-state index is 13.6. The number of nitrogen functional groups attached to an aromatic ring is 1. The summed E-state index contributed by atoms with van der Waals surface area (Å²) in [5.74, 6) is -2.83. The van der Waals surface area contributed by atoms with Crippen molar-refractivity contribution >= 4 is 21.6 Å². The van der Waals surface area contributed by atoms with Crippen molar-refractivity contribution in [1.82, 2.24) is 4.72 Å². The summed E-state index contributed by atoms with van der Waals surface area (Å²) in [5, 5.41) is 0. The Morgan fingerprint density at radius 2 is 1.90 bits per heavy atom. The van der Waals surface area contributed by atoms with Crippen molar-refractivity contribution in [3.05, 3.63) is 23.8 Å². The molecular formula is C11H15F2N3O3S. The molecular weight excluding hydrogens is 292 g/mol. The van der Waals surface area contributed by atoms with Gasteiger partial charge in [-0.2, -0.15) is 0 Å². The molecule has 0 atom stereocenters. The molecule has 0 aliphatic rings. The molecule has 0 spiro atoms. The quantitative estimate of drug-likeness (QED) is 0.502. The van der Waals surface area contributed by atoms with Gasteiger partial charge < -0.3 is 11.5 Å². The fourth-order valence-corrected chi connectivity index (χ4v) is 2.63. The van der Waals surface area contributed by atoms with E-state index in [9.17, 15) is 22.0 Å². The normalized spacial score (nSPS) is 11.5. The number of primary amides is 1.